The predicted octanol–water partition coefficient (Wildman–Crippen LogP) is 6.77. The average Bonchev–Trinajstić information content (AvgIpc) is 3.22. The summed E-state index contributed by atoms with van der Waals surface area (Å²) < 4.78 is 104. The van der Waals surface area contributed by atoms with E-state index in [2.05, 4.69) is 15.3 Å². The fraction of sp³-hybridized carbons (Fsp3) is 0.300. The summed E-state index contributed by atoms with van der Waals surface area (Å²) in [6, 6.07) is 1.68. The van der Waals surface area contributed by atoms with Gasteiger partial charge in [0.25, 0.3) is 0 Å². The molecule has 3 rings (SSSR count). The summed E-state index contributed by atoms with van der Waals surface area (Å²) in [7, 11) is 0. The van der Waals surface area contributed by atoms with Gasteiger partial charge < -0.3 is 9.47 Å². The Morgan fingerprint density at radius 2 is 1.61 bits per heavy atom. The molecule has 0 radical (unpaired) electrons. The summed E-state index contributed by atoms with van der Waals surface area (Å²) in [6.45, 7) is 3.18. The van der Waals surface area contributed by atoms with Crippen LogP contribution in [0.2, 0.25) is 10.0 Å². The van der Waals surface area contributed by atoms with Gasteiger partial charge in [-0.1, -0.05) is 28.4 Å². The molecule has 0 fully saturated rings. The van der Waals surface area contributed by atoms with Crippen LogP contribution in [-0.2, 0) is 10.4 Å². The number of benzene rings is 1. The average molecular weight is 561 g/mol. The molecular formula is C20H13Cl2F7N4O3. The highest BCUT2D eigenvalue weighted by Crippen LogP contribution is 2.54. The van der Waals surface area contributed by atoms with Gasteiger partial charge in [0, 0.05) is 17.3 Å². The molecule has 0 bridgehead atoms. The van der Waals surface area contributed by atoms with E-state index in [1.807, 2.05) is 0 Å². The lowest BCUT2D eigenvalue weighted by molar-refractivity contribution is -0.348. The van der Waals surface area contributed by atoms with E-state index >= 15 is 0 Å². The molecule has 0 spiro atoms. The first-order valence-corrected chi connectivity index (χ1v) is 10.4. The topological polar surface area (TPSA) is 79.1 Å². The molecule has 7 nitrogen and oxygen atoms in total. The van der Waals surface area contributed by atoms with Crippen molar-refractivity contribution in [2.75, 3.05) is 6.61 Å². The van der Waals surface area contributed by atoms with Gasteiger partial charge in [-0.15, -0.1) is 5.10 Å². The normalized spacial score (nSPS) is 12.5. The summed E-state index contributed by atoms with van der Waals surface area (Å²) in [5.74, 6) is 0.0273. The Morgan fingerprint density at radius 1 is 1.03 bits per heavy atom. The zero-order valence-electron chi connectivity index (χ0n) is 18.0. The third-order valence-corrected chi connectivity index (χ3v) is 5.29. The number of alkyl halides is 7. The maximum Gasteiger partial charge on any atom is 0.513 e. The van der Waals surface area contributed by atoms with Crippen LogP contribution in [0.4, 0.5) is 35.5 Å². The maximum atomic E-state index is 14.4. The highest BCUT2D eigenvalue weighted by molar-refractivity contribution is 6.37. The maximum absolute atomic E-state index is 14.4. The third kappa shape index (κ3) is 5.05. The number of pyridine rings is 1. The molecule has 3 aromatic rings. The van der Waals surface area contributed by atoms with Gasteiger partial charge in [0.05, 0.1) is 28.5 Å². The quantitative estimate of drug-likeness (QED) is 0.253. The molecule has 2 aromatic heterocycles. The van der Waals surface area contributed by atoms with E-state index in [0.29, 0.717) is 5.69 Å². The van der Waals surface area contributed by atoms with Gasteiger partial charge in [-0.25, -0.2) is 13.9 Å². The first-order valence-electron chi connectivity index (χ1n) is 9.66. The Kier molecular flexibility index (Phi) is 7.42. The van der Waals surface area contributed by atoms with E-state index in [1.165, 1.54) is 18.5 Å². The Bertz CT molecular complexity index is 1260. The van der Waals surface area contributed by atoms with Crippen molar-refractivity contribution in [2.45, 2.75) is 31.9 Å². The number of halogens is 9. The number of hydrogen-bond acceptors (Lipinski definition) is 6. The summed E-state index contributed by atoms with van der Waals surface area (Å²) in [6.07, 6.45) is -11.2. The minimum atomic E-state index is -6.35. The highest BCUT2D eigenvalue weighted by Gasteiger charge is 2.73. The van der Waals surface area contributed by atoms with Crippen molar-refractivity contribution in [1.82, 2.24) is 20.0 Å². The number of nitrogens with zero attached hydrogens (tertiary/aromatic N) is 4. The molecule has 0 aliphatic heterocycles. The zero-order chi connectivity index (χ0) is 27.1. The Balaban J connectivity index is 2.02. The van der Waals surface area contributed by atoms with Crippen LogP contribution in [0.15, 0.2) is 30.6 Å². The van der Waals surface area contributed by atoms with Gasteiger partial charge in [-0.05, 0) is 32.0 Å². The number of carbonyl (C=O) groups is 1. The van der Waals surface area contributed by atoms with E-state index < -0.39 is 39.8 Å². The van der Waals surface area contributed by atoms with Crippen LogP contribution >= 0.6 is 23.2 Å². The van der Waals surface area contributed by atoms with Crippen molar-refractivity contribution in [3.8, 4) is 22.7 Å². The fourth-order valence-electron chi connectivity index (χ4n) is 2.97. The molecule has 194 valence electrons. The minimum Gasteiger partial charge on any atom is -0.434 e. The summed E-state index contributed by atoms with van der Waals surface area (Å²) in [5, 5.41) is 6.01. The monoisotopic (exact) mass is 560 g/mol. The molecule has 0 saturated carbocycles. The first kappa shape index (κ1) is 27.5. The Labute approximate surface area is 207 Å². The van der Waals surface area contributed by atoms with Crippen LogP contribution in [0.1, 0.15) is 18.2 Å². The lowest BCUT2D eigenvalue weighted by Gasteiger charge is -2.30. The number of rotatable bonds is 5. The van der Waals surface area contributed by atoms with Gasteiger partial charge in [0.2, 0.25) is 0 Å². The molecule has 0 saturated heterocycles. The zero-order valence-corrected chi connectivity index (χ0v) is 19.5. The van der Waals surface area contributed by atoms with Gasteiger partial charge in [-0.3, -0.25) is 4.98 Å². The summed E-state index contributed by atoms with van der Waals surface area (Å²) >= 11 is 11.8. The fourth-order valence-corrected chi connectivity index (χ4v) is 3.63. The number of aromatic nitrogens is 4. The number of hydrogen-bond donors (Lipinski definition) is 0. The van der Waals surface area contributed by atoms with E-state index in [4.69, 9.17) is 32.7 Å². The molecule has 0 unspecified atom stereocenters. The van der Waals surface area contributed by atoms with Crippen LogP contribution in [-0.4, -0.2) is 45.1 Å². The predicted molar refractivity (Wildman–Crippen MR) is 112 cm³/mol. The lowest BCUT2D eigenvalue weighted by Crippen LogP contribution is -2.50. The molecule has 2 heterocycles. The molecule has 0 aliphatic carbocycles. The van der Waals surface area contributed by atoms with Crippen molar-refractivity contribution < 1.29 is 45.0 Å². The number of carbonyl (C=O) groups excluding carboxylic acids is 1. The third-order valence-electron chi connectivity index (χ3n) is 4.71. The molecule has 16 heteroatoms. The number of aryl methyl sites for hydroxylation is 1. The molecule has 0 aliphatic rings. The van der Waals surface area contributed by atoms with Crippen LogP contribution in [0, 0.1) is 6.92 Å². The largest absolute Gasteiger partial charge is 0.513 e. The van der Waals surface area contributed by atoms with Crippen LogP contribution in [0.5, 0.6) is 5.75 Å². The van der Waals surface area contributed by atoms with Gasteiger partial charge in [-0.2, -0.15) is 26.3 Å². The SMILES string of the molecule is CCOC(=O)Oc1cc(-c2cn(-c3c(Cl)cc(C(F)(C(F)(F)F)C(F)(F)F)cc3Cl)nn2)cnc1C. The highest BCUT2D eigenvalue weighted by atomic mass is 35.5. The van der Waals surface area contributed by atoms with Gasteiger partial charge in [0.1, 0.15) is 11.4 Å². The van der Waals surface area contributed by atoms with Crippen molar-refractivity contribution >= 4 is 29.4 Å². The molecule has 0 atom stereocenters. The van der Waals surface area contributed by atoms with Gasteiger partial charge in [0.15, 0.2) is 5.75 Å². The standard InChI is InChI=1S/C20H13Cl2F7N4O3/c1-3-35-17(34)36-15-4-10(7-30-9(15)2)14-8-33(32-31-14)16-12(21)5-11(6-13(16)22)18(23,19(24,25)26)20(27,28)29/h4-8H,3H2,1-2H3. The van der Waals surface area contributed by atoms with E-state index in [0.717, 1.165) is 4.68 Å². The first-order chi connectivity index (χ1) is 16.6. The Morgan fingerprint density at radius 3 is 2.14 bits per heavy atom. The van der Waals surface area contributed by atoms with Crippen molar-refractivity contribution in [1.29, 1.82) is 0 Å². The molecule has 1 aromatic carbocycles. The van der Waals surface area contributed by atoms with Crippen LogP contribution < -0.4 is 4.74 Å². The second-order valence-electron chi connectivity index (χ2n) is 7.08. The molecule has 36 heavy (non-hydrogen) atoms. The van der Waals surface area contributed by atoms with Crippen molar-refractivity contribution in [2.24, 2.45) is 0 Å². The minimum absolute atomic E-state index is 0.0273. The van der Waals surface area contributed by atoms with E-state index in [-0.39, 0.29) is 41.4 Å². The van der Waals surface area contributed by atoms with Crippen molar-refractivity contribution in [3.63, 3.8) is 0 Å². The molecule has 0 amide bonds. The number of ether oxygens (including phenoxy) is 2. The van der Waals surface area contributed by atoms with Crippen LogP contribution in [0.25, 0.3) is 16.9 Å². The Hall–Kier alpha value is -3.13. The van der Waals surface area contributed by atoms with E-state index in [1.54, 1.807) is 13.8 Å². The van der Waals surface area contributed by atoms with E-state index in [9.17, 15) is 35.5 Å². The van der Waals surface area contributed by atoms with Gasteiger partial charge >= 0.3 is 24.2 Å². The van der Waals surface area contributed by atoms with Crippen LogP contribution in [0.3, 0.4) is 0 Å². The smallest absolute Gasteiger partial charge is 0.434 e. The summed E-state index contributed by atoms with van der Waals surface area (Å²) in [5.41, 5.74) is -7.28. The second kappa shape index (κ2) is 9.73. The molecule has 0 N–H and O–H groups in total. The summed E-state index contributed by atoms with van der Waals surface area (Å²) in [4.78, 5) is 15.7. The lowest BCUT2D eigenvalue weighted by atomic mass is 9.94. The molecular weight excluding hydrogens is 548 g/mol. The second-order valence-corrected chi connectivity index (χ2v) is 7.90. The van der Waals surface area contributed by atoms with Crippen molar-refractivity contribution in [3.05, 3.63) is 51.9 Å².